The summed E-state index contributed by atoms with van der Waals surface area (Å²) in [5.41, 5.74) is 1.80. The maximum Gasteiger partial charge on any atom is 0.264 e. The van der Waals surface area contributed by atoms with Crippen LogP contribution in [0.25, 0.3) is 0 Å². The number of halogens is 1. The number of anilines is 1. The zero-order valence-electron chi connectivity index (χ0n) is 22.6. The molecule has 0 aliphatic heterocycles. The first-order chi connectivity index (χ1) is 18.6. The molecular weight excluding hydrogens is 538 g/mol. The Kier molecular flexibility index (Phi) is 10.4. The quantitative estimate of drug-likeness (QED) is 0.337. The fourth-order valence-corrected chi connectivity index (χ4v) is 5.55. The van der Waals surface area contributed by atoms with Gasteiger partial charge in [0.1, 0.15) is 18.3 Å². The molecule has 3 rings (SSSR count). The molecule has 0 aliphatic rings. The van der Waals surface area contributed by atoms with E-state index in [1.54, 1.807) is 31.2 Å². The summed E-state index contributed by atoms with van der Waals surface area (Å²) in [5.74, 6) is -0.656. The van der Waals surface area contributed by atoms with E-state index in [4.69, 9.17) is 16.3 Å². The largest absolute Gasteiger partial charge is 0.495 e. The van der Waals surface area contributed by atoms with Crippen LogP contribution in [-0.4, -0.2) is 51.4 Å². The molecule has 0 radical (unpaired) electrons. The topological polar surface area (TPSA) is 96.0 Å². The third-order valence-electron chi connectivity index (χ3n) is 6.21. The van der Waals surface area contributed by atoms with Gasteiger partial charge in [-0.1, -0.05) is 66.6 Å². The summed E-state index contributed by atoms with van der Waals surface area (Å²) in [6.45, 7) is 5.42. The number of hydrogen-bond donors (Lipinski definition) is 1. The molecule has 0 spiro atoms. The molecule has 8 nitrogen and oxygen atoms in total. The Morgan fingerprint density at radius 3 is 2.31 bits per heavy atom. The highest BCUT2D eigenvalue weighted by Crippen LogP contribution is 2.35. The number of methoxy groups -OCH3 is 1. The van der Waals surface area contributed by atoms with Crippen molar-refractivity contribution < 1.29 is 22.7 Å². The van der Waals surface area contributed by atoms with Crippen molar-refractivity contribution in [2.24, 2.45) is 0 Å². The Morgan fingerprint density at radius 2 is 1.69 bits per heavy atom. The van der Waals surface area contributed by atoms with Gasteiger partial charge in [-0.05, 0) is 56.2 Å². The van der Waals surface area contributed by atoms with Gasteiger partial charge in [-0.15, -0.1) is 0 Å². The molecule has 0 saturated carbocycles. The summed E-state index contributed by atoms with van der Waals surface area (Å²) in [4.78, 5) is 28.2. The van der Waals surface area contributed by atoms with Crippen molar-refractivity contribution in [3.63, 3.8) is 0 Å². The first-order valence-corrected chi connectivity index (χ1v) is 14.4. The van der Waals surface area contributed by atoms with E-state index < -0.39 is 28.5 Å². The minimum absolute atomic E-state index is 0.00581. The molecule has 0 aromatic heterocycles. The van der Waals surface area contributed by atoms with Gasteiger partial charge in [0, 0.05) is 18.1 Å². The van der Waals surface area contributed by atoms with Crippen LogP contribution in [0.4, 0.5) is 5.69 Å². The van der Waals surface area contributed by atoms with Gasteiger partial charge in [-0.2, -0.15) is 0 Å². The van der Waals surface area contributed by atoms with Gasteiger partial charge in [0.05, 0.1) is 17.7 Å². The molecule has 1 N–H and O–H groups in total. The number of carbonyl (C=O) groups is 2. The van der Waals surface area contributed by atoms with Crippen LogP contribution in [0.5, 0.6) is 5.75 Å². The predicted molar refractivity (Wildman–Crippen MR) is 153 cm³/mol. The molecule has 10 heteroatoms. The molecular formula is C29H34ClN3O5S. The first kappa shape index (κ1) is 30.0. The second-order valence-electron chi connectivity index (χ2n) is 9.12. The lowest BCUT2D eigenvalue weighted by molar-refractivity contribution is -0.139. The Labute approximate surface area is 235 Å². The average Bonchev–Trinajstić information content (AvgIpc) is 2.93. The highest BCUT2D eigenvalue weighted by atomic mass is 35.5. The van der Waals surface area contributed by atoms with Crippen molar-refractivity contribution in [3.8, 4) is 5.75 Å². The van der Waals surface area contributed by atoms with Crippen LogP contribution < -0.4 is 14.4 Å². The van der Waals surface area contributed by atoms with E-state index in [9.17, 15) is 18.0 Å². The molecule has 1 atom stereocenters. The van der Waals surface area contributed by atoms with Gasteiger partial charge in [0.15, 0.2) is 0 Å². The van der Waals surface area contributed by atoms with E-state index in [2.05, 4.69) is 5.32 Å². The highest BCUT2D eigenvalue weighted by molar-refractivity contribution is 7.92. The number of hydrogen-bond acceptors (Lipinski definition) is 5. The monoisotopic (exact) mass is 571 g/mol. The van der Waals surface area contributed by atoms with E-state index in [1.807, 2.05) is 44.2 Å². The third-order valence-corrected chi connectivity index (χ3v) is 8.22. The lowest BCUT2D eigenvalue weighted by atomic mass is 10.1. The van der Waals surface area contributed by atoms with Crippen LogP contribution in [0.15, 0.2) is 77.7 Å². The number of carbonyl (C=O) groups excluding carboxylic acids is 2. The first-order valence-electron chi connectivity index (χ1n) is 12.6. The molecule has 0 bridgehead atoms. The number of sulfonamides is 1. The third kappa shape index (κ3) is 7.52. The van der Waals surface area contributed by atoms with Gasteiger partial charge in [-0.25, -0.2) is 8.42 Å². The Morgan fingerprint density at radius 1 is 1.03 bits per heavy atom. The van der Waals surface area contributed by atoms with E-state index in [0.29, 0.717) is 6.54 Å². The number of ether oxygens (including phenoxy) is 1. The van der Waals surface area contributed by atoms with Crippen molar-refractivity contribution in [1.82, 2.24) is 10.2 Å². The van der Waals surface area contributed by atoms with Gasteiger partial charge in [0.25, 0.3) is 10.0 Å². The molecule has 0 fully saturated rings. The lowest BCUT2D eigenvalue weighted by Gasteiger charge is -2.32. The average molecular weight is 572 g/mol. The van der Waals surface area contributed by atoms with Crippen LogP contribution in [0.1, 0.15) is 31.4 Å². The predicted octanol–water partition coefficient (Wildman–Crippen LogP) is 4.80. The van der Waals surface area contributed by atoms with Gasteiger partial charge < -0.3 is 15.0 Å². The molecule has 2 amide bonds. The summed E-state index contributed by atoms with van der Waals surface area (Å²) in [5, 5.41) is 3.10. The standard InChI is InChI=1S/C29H34ClN3O5S/c1-5-17-31-29(35)22(3)32(19-23-9-7-6-8-10-23)28(34)20-33(26-18-24(30)13-16-27(26)38-4)39(36,37)25-14-11-21(2)12-15-25/h6-16,18,22H,5,17,19-20H2,1-4H3,(H,31,35)/t22-/m1/s1. The smallest absolute Gasteiger partial charge is 0.264 e. The maximum absolute atomic E-state index is 14.0. The van der Waals surface area contributed by atoms with Gasteiger partial charge in [-0.3, -0.25) is 13.9 Å². The fraction of sp³-hybridized carbons (Fsp3) is 0.310. The zero-order chi connectivity index (χ0) is 28.6. The summed E-state index contributed by atoms with van der Waals surface area (Å²) in [7, 11) is -2.83. The number of amides is 2. The van der Waals surface area contributed by atoms with Crippen LogP contribution in [0.3, 0.4) is 0 Å². The van der Waals surface area contributed by atoms with Crippen molar-refractivity contribution >= 4 is 39.1 Å². The summed E-state index contributed by atoms with van der Waals surface area (Å²) in [6.07, 6.45) is 0.738. The number of nitrogens with one attached hydrogen (secondary N) is 1. The fourth-order valence-electron chi connectivity index (χ4n) is 3.97. The molecule has 208 valence electrons. The number of rotatable bonds is 12. The molecule has 0 aliphatic carbocycles. The van der Waals surface area contributed by atoms with Crippen molar-refractivity contribution in [1.29, 1.82) is 0 Å². The zero-order valence-corrected chi connectivity index (χ0v) is 24.1. The van der Waals surface area contributed by atoms with Crippen LogP contribution in [0.2, 0.25) is 5.02 Å². The minimum atomic E-state index is -4.24. The Balaban J connectivity index is 2.08. The highest BCUT2D eigenvalue weighted by Gasteiger charge is 2.34. The van der Waals surface area contributed by atoms with Crippen LogP contribution in [-0.2, 0) is 26.2 Å². The van der Waals surface area contributed by atoms with E-state index in [0.717, 1.165) is 21.9 Å². The number of aryl methyl sites for hydroxylation is 1. The summed E-state index contributed by atoms with van der Waals surface area (Å²) in [6, 6.07) is 19.3. The number of benzene rings is 3. The van der Waals surface area contributed by atoms with E-state index in [1.165, 1.54) is 30.2 Å². The normalized spacial score (nSPS) is 11.9. The van der Waals surface area contributed by atoms with E-state index in [-0.39, 0.29) is 33.8 Å². The van der Waals surface area contributed by atoms with Crippen molar-refractivity contribution in [3.05, 3.63) is 88.9 Å². The van der Waals surface area contributed by atoms with Crippen molar-refractivity contribution in [2.45, 2.75) is 44.7 Å². The maximum atomic E-state index is 14.0. The van der Waals surface area contributed by atoms with Crippen LogP contribution in [0, 0.1) is 6.92 Å². The molecule has 39 heavy (non-hydrogen) atoms. The second kappa shape index (κ2) is 13.5. The molecule has 0 saturated heterocycles. The molecule has 3 aromatic carbocycles. The van der Waals surface area contributed by atoms with Crippen molar-refractivity contribution in [2.75, 3.05) is 24.5 Å². The van der Waals surface area contributed by atoms with Crippen LogP contribution >= 0.6 is 11.6 Å². The minimum Gasteiger partial charge on any atom is -0.495 e. The molecule has 0 unspecified atom stereocenters. The van der Waals surface area contributed by atoms with Gasteiger partial charge in [0.2, 0.25) is 11.8 Å². The van der Waals surface area contributed by atoms with Gasteiger partial charge >= 0.3 is 0 Å². The second-order valence-corrected chi connectivity index (χ2v) is 11.4. The number of nitrogens with zero attached hydrogens (tertiary/aromatic N) is 2. The Bertz CT molecular complexity index is 1380. The summed E-state index contributed by atoms with van der Waals surface area (Å²) >= 11 is 6.26. The molecule has 0 heterocycles. The SMILES string of the molecule is CCCNC(=O)[C@@H](C)N(Cc1ccccc1)C(=O)CN(c1cc(Cl)ccc1OC)S(=O)(=O)c1ccc(C)cc1. The van der Waals surface area contributed by atoms with E-state index >= 15 is 0 Å². The molecule has 3 aromatic rings. The lowest BCUT2D eigenvalue weighted by Crippen LogP contribution is -2.51. The Hall–Kier alpha value is -3.56. The summed E-state index contributed by atoms with van der Waals surface area (Å²) < 4.78 is 34.4.